The average Bonchev–Trinajstić information content (AvgIpc) is 3.27. The van der Waals surface area contributed by atoms with E-state index in [4.69, 9.17) is 0 Å². The highest BCUT2D eigenvalue weighted by molar-refractivity contribution is 7.93. The maximum absolute atomic E-state index is 12.9. The predicted octanol–water partition coefficient (Wildman–Crippen LogP) is 6.26. The van der Waals surface area contributed by atoms with Crippen LogP contribution < -0.4 is 0 Å². The van der Waals surface area contributed by atoms with Gasteiger partial charge in [0.25, 0.3) is 0 Å². The largest absolute Gasteiger partial charge is 0.225 e. The number of rotatable bonds is 5. The number of aromatic nitrogens is 1. The van der Waals surface area contributed by atoms with Crippen molar-refractivity contribution in [1.29, 1.82) is 0 Å². The fourth-order valence-electron chi connectivity index (χ4n) is 5.82. The van der Waals surface area contributed by atoms with Gasteiger partial charge in [-0.15, -0.1) is 11.3 Å². The zero-order valence-electron chi connectivity index (χ0n) is 17.1. The summed E-state index contributed by atoms with van der Waals surface area (Å²) in [6.07, 6.45) is 9.32. The van der Waals surface area contributed by atoms with Crippen molar-refractivity contribution in [1.82, 2.24) is 4.98 Å². The van der Waals surface area contributed by atoms with E-state index in [0.29, 0.717) is 11.3 Å². The minimum atomic E-state index is -3.37. The van der Waals surface area contributed by atoms with Gasteiger partial charge in [-0.3, -0.25) is 0 Å². The van der Waals surface area contributed by atoms with Crippen molar-refractivity contribution in [2.24, 2.45) is 23.2 Å². The minimum Gasteiger partial charge on any atom is -0.225 e. The van der Waals surface area contributed by atoms with Crippen LogP contribution in [0, 0.1) is 23.2 Å². The Morgan fingerprint density at radius 1 is 1.32 bits per heavy atom. The second-order valence-corrected chi connectivity index (χ2v) is 12.2. The molecule has 0 bridgehead atoms. The highest BCUT2D eigenvalue weighted by Crippen LogP contribution is 2.59. The Hall–Kier alpha value is -1.20. The molecule has 2 aromatic rings. The fourth-order valence-corrected chi connectivity index (χ4v) is 8.31. The number of nitrogens with zero attached hydrogens (tertiary/aromatic N) is 1. The van der Waals surface area contributed by atoms with Gasteiger partial charge in [0, 0.05) is 0 Å². The number of fused-ring (bicyclic) bond motifs is 2. The maximum Gasteiger partial charge on any atom is 0.210 e. The molecule has 2 saturated carbocycles. The summed E-state index contributed by atoms with van der Waals surface area (Å²) in [6, 6.07) is 7.64. The van der Waals surface area contributed by atoms with Crippen molar-refractivity contribution in [3.05, 3.63) is 35.9 Å². The van der Waals surface area contributed by atoms with Crippen LogP contribution >= 0.6 is 11.3 Å². The Bertz CT molecular complexity index is 958. The quantitative estimate of drug-likeness (QED) is 0.540. The first-order valence-electron chi connectivity index (χ1n) is 10.6. The summed E-state index contributed by atoms with van der Waals surface area (Å²) in [5.74, 6) is 2.17. The van der Waals surface area contributed by atoms with Gasteiger partial charge in [-0.2, -0.15) is 0 Å². The van der Waals surface area contributed by atoms with Crippen molar-refractivity contribution in [3.8, 4) is 0 Å². The molecule has 0 amide bonds. The third kappa shape index (κ3) is 3.45. The van der Waals surface area contributed by atoms with E-state index in [-0.39, 0.29) is 10.1 Å². The van der Waals surface area contributed by atoms with Gasteiger partial charge >= 0.3 is 0 Å². The summed E-state index contributed by atoms with van der Waals surface area (Å²) in [4.78, 5) is 4.38. The van der Waals surface area contributed by atoms with Crippen LogP contribution in [-0.2, 0) is 9.84 Å². The zero-order chi connectivity index (χ0) is 19.9. The number of hydrogen-bond donors (Lipinski definition) is 0. The molecule has 28 heavy (non-hydrogen) atoms. The molecule has 0 N–H and O–H groups in total. The van der Waals surface area contributed by atoms with Crippen LogP contribution in [0.3, 0.4) is 0 Å². The monoisotopic (exact) mass is 417 g/mol. The lowest BCUT2D eigenvalue weighted by Gasteiger charge is -2.44. The van der Waals surface area contributed by atoms with Gasteiger partial charge in [0.2, 0.25) is 14.2 Å². The molecule has 0 spiro atoms. The van der Waals surface area contributed by atoms with Gasteiger partial charge in [-0.25, -0.2) is 13.4 Å². The number of benzene rings is 1. The molecule has 2 fully saturated rings. The van der Waals surface area contributed by atoms with Crippen LogP contribution in [0.25, 0.3) is 10.2 Å². The van der Waals surface area contributed by atoms with E-state index in [0.717, 1.165) is 28.5 Å². The van der Waals surface area contributed by atoms with Gasteiger partial charge < -0.3 is 0 Å². The van der Waals surface area contributed by atoms with Crippen LogP contribution in [0.15, 0.2) is 40.3 Å². The molecule has 2 aliphatic rings. The van der Waals surface area contributed by atoms with Gasteiger partial charge in [0.05, 0.1) is 16.0 Å². The van der Waals surface area contributed by atoms with E-state index in [9.17, 15) is 8.42 Å². The molecule has 1 heterocycles. The van der Waals surface area contributed by atoms with Crippen LogP contribution in [-0.4, -0.2) is 19.2 Å². The van der Waals surface area contributed by atoms with Crippen molar-refractivity contribution in [2.45, 2.75) is 63.6 Å². The molecule has 0 unspecified atom stereocenters. The van der Waals surface area contributed by atoms with Crippen LogP contribution in [0.1, 0.15) is 59.3 Å². The molecular weight excluding hydrogens is 386 g/mol. The van der Waals surface area contributed by atoms with Crippen molar-refractivity contribution >= 4 is 31.4 Å². The minimum absolute atomic E-state index is 0.0860. The van der Waals surface area contributed by atoms with Crippen LogP contribution in [0.5, 0.6) is 0 Å². The molecular formula is C23H31NO2S2. The SMILES string of the molecule is CC[C@H](C)[C@H]1CC[C@H]2/C(=C/CS(=O)(=O)c3nc4ccccc4s3)CCC[C@]12C. The molecule has 0 radical (unpaired) electrons. The van der Waals surface area contributed by atoms with Gasteiger partial charge in [-0.1, -0.05) is 51.0 Å². The third-order valence-corrected chi connectivity index (χ3v) is 10.5. The van der Waals surface area contributed by atoms with E-state index in [2.05, 4.69) is 25.8 Å². The molecule has 4 atom stereocenters. The summed E-state index contributed by atoms with van der Waals surface area (Å²) >= 11 is 1.29. The first-order valence-corrected chi connectivity index (χ1v) is 13.1. The normalized spacial score (nSPS) is 30.6. The number of sulfone groups is 1. The molecule has 1 aromatic carbocycles. The summed E-state index contributed by atoms with van der Waals surface area (Å²) in [5, 5.41) is 0. The Kier molecular flexibility index (Phi) is 5.43. The molecule has 0 aliphatic heterocycles. The molecule has 0 saturated heterocycles. The lowest BCUT2D eigenvalue weighted by Crippen LogP contribution is -2.36. The number of allylic oxidation sites excluding steroid dienone is 1. The highest BCUT2D eigenvalue weighted by Gasteiger charge is 2.50. The molecule has 5 heteroatoms. The Labute approximate surface area is 173 Å². The predicted molar refractivity (Wildman–Crippen MR) is 117 cm³/mol. The first kappa shape index (κ1) is 20.1. The number of hydrogen-bond acceptors (Lipinski definition) is 4. The van der Waals surface area contributed by atoms with E-state index < -0.39 is 9.84 Å². The van der Waals surface area contributed by atoms with Crippen LogP contribution in [0.4, 0.5) is 0 Å². The number of thiazole rings is 1. The first-order chi connectivity index (χ1) is 13.3. The second kappa shape index (κ2) is 7.56. The fraction of sp³-hybridized carbons (Fsp3) is 0.609. The van der Waals surface area contributed by atoms with Crippen molar-refractivity contribution < 1.29 is 8.42 Å². The van der Waals surface area contributed by atoms with E-state index >= 15 is 0 Å². The topological polar surface area (TPSA) is 47.0 Å². The molecule has 3 nitrogen and oxygen atoms in total. The van der Waals surface area contributed by atoms with E-state index in [1.807, 2.05) is 30.3 Å². The Morgan fingerprint density at radius 3 is 2.86 bits per heavy atom. The number of para-hydroxylation sites is 1. The molecule has 4 rings (SSSR count). The lowest BCUT2D eigenvalue weighted by molar-refractivity contribution is 0.0960. The molecule has 152 valence electrons. The lowest BCUT2D eigenvalue weighted by atomic mass is 9.61. The highest BCUT2D eigenvalue weighted by atomic mass is 32.2. The maximum atomic E-state index is 12.9. The van der Waals surface area contributed by atoms with Crippen molar-refractivity contribution in [3.63, 3.8) is 0 Å². The van der Waals surface area contributed by atoms with Crippen LogP contribution in [0.2, 0.25) is 0 Å². The zero-order valence-corrected chi connectivity index (χ0v) is 18.8. The molecule has 2 aliphatic carbocycles. The van der Waals surface area contributed by atoms with Gasteiger partial charge in [0.15, 0.2) is 0 Å². The average molecular weight is 418 g/mol. The smallest absolute Gasteiger partial charge is 0.210 e. The van der Waals surface area contributed by atoms with E-state index in [1.165, 1.54) is 49.0 Å². The third-order valence-electron chi connectivity index (χ3n) is 7.47. The molecule has 1 aromatic heterocycles. The summed E-state index contributed by atoms with van der Waals surface area (Å²) in [5.41, 5.74) is 2.51. The second-order valence-electron chi connectivity index (χ2n) is 8.99. The van der Waals surface area contributed by atoms with Crippen molar-refractivity contribution in [2.75, 3.05) is 5.75 Å². The van der Waals surface area contributed by atoms with Gasteiger partial charge in [-0.05, 0) is 67.4 Å². The standard InChI is InChI=1S/C23H31NO2S2/c1-4-16(2)18-11-12-19-17(8-7-14-23(18,19)3)13-15-28(25,26)22-24-20-9-5-6-10-21(20)27-22/h5-6,9-10,13,16,18-19H,4,7-8,11-12,14-15H2,1-3H3/b17-13+/t16-,18+,19-,23+/m0/s1. The van der Waals surface area contributed by atoms with E-state index in [1.54, 1.807) is 0 Å². The summed E-state index contributed by atoms with van der Waals surface area (Å²) in [7, 11) is -3.37. The summed E-state index contributed by atoms with van der Waals surface area (Å²) < 4.78 is 27.1. The summed E-state index contributed by atoms with van der Waals surface area (Å²) in [6.45, 7) is 7.16. The Balaban J connectivity index is 1.57. The van der Waals surface area contributed by atoms with Gasteiger partial charge in [0.1, 0.15) is 0 Å². The Morgan fingerprint density at radius 2 is 2.11 bits per heavy atom.